The minimum Gasteiger partial charge on any atom is -0.479 e. The van der Waals surface area contributed by atoms with Crippen molar-refractivity contribution in [2.24, 2.45) is 0 Å². The van der Waals surface area contributed by atoms with E-state index in [-0.39, 0.29) is 18.6 Å². The average molecular weight is 342 g/mol. The highest BCUT2D eigenvalue weighted by atomic mass is 16.5. The molecule has 1 saturated heterocycles. The molecule has 1 amide bonds. The quantitative estimate of drug-likeness (QED) is 0.930. The van der Waals surface area contributed by atoms with E-state index in [0.717, 1.165) is 17.1 Å². The Bertz CT molecular complexity index is 797. The Hall–Kier alpha value is -2.60. The number of nitrogens with zero attached hydrogens (tertiary/aromatic N) is 2. The zero-order valence-electron chi connectivity index (χ0n) is 14.6. The third kappa shape index (κ3) is 3.30. The molecule has 0 radical (unpaired) electrons. The van der Waals surface area contributed by atoms with Gasteiger partial charge in [0.25, 0.3) is 5.91 Å². The molecule has 0 spiro atoms. The Morgan fingerprint density at radius 1 is 1.16 bits per heavy atom. The van der Waals surface area contributed by atoms with Gasteiger partial charge in [0.1, 0.15) is 0 Å². The van der Waals surface area contributed by atoms with E-state index in [1.165, 1.54) is 0 Å². The third-order valence-electron chi connectivity index (χ3n) is 4.50. The van der Waals surface area contributed by atoms with Gasteiger partial charge in [-0.15, -0.1) is 0 Å². The lowest BCUT2D eigenvalue weighted by molar-refractivity contribution is -0.160. The van der Waals surface area contributed by atoms with E-state index in [0.29, 0.717) is 12.1 Å². The van der Waals surface area contributed by atoms with Gasteiger partial charge >= 0.3 is 5.97 Å². The first-order valence-electron chi connectivity index (χ1n) is 8.30. The van der Waals surface area contributed by atoms with Crippen LogP contribution in [0.2, 0.25) is 0 Å². The molecule has 3 rings (SSSR count). The summed E-state index contributed by atoms with van der Waals surface area (Å²) in [5, 5.41) is 9.21. The normalized spacial score (nSPS) is 20.5. The lowest BCUT2D eigenvalue weighted by atomic mass is 10.1. The lowest BCUT2D eigenvalue weighted by Crippen LogP contribution is -2.51. The molecule has 132 valence electrons. The fourth-order valence-electron chi connectivity index (χ4n) is 3.38. The van der Waals surface area contributed by atoms with Gasteiger partial charge in [-0.25, -0.2) is 4.79 Å². The topological polar surface area (TPSA) is 71.8 Å². The summed E-state index contributed by atoms with van der Waals surface area (Å²) < 4.78 is 7.43. The number of hydrogen-bond donors (Lipinski definition) is 1. The van der Waals surface area contributed by atoms with E-state index < -0.39 is 12.1 Å². The van der Waals surface area contributed by atoms with Crippen LogP contribution in [0.5, 0.6) is 0 Å². The van der Waals surface area contributed by atoms with Gasteiger partial charge in [0, 0.05) is 23.6 Å². The van der Waals surface area contributed by atoms with Crippen molar-refractivity contribution in [3.63, 3.8) is 0 Å². The molecule has 2 heterocycles. The van der Waals surface area contributed by atoms with Gasteiger partial charge in [-0.05, 0) is 39.0 Å². The molecular formula is C19H22N2O4. The van der Waals surface area contributed by atoms with Crippen LogP contribution in [0, 0.1) is 13.8 Å². The molecule has 1 aliphatic rings. The number of carbonyl (C=O) groups is 2. The Kier molecular flexibility index (Phi) is 4.63. The smallest absolute Gasteiger partial charge is 0.334 e. The number of hydrogen-bond acceptors (Lipinski definition) is 3. The van der Waals surface area contributed by atoms with Crippen LogP contribution in [0.4, 0.5) is 0 Å². The Labute approximate surface area is 146 Å². The van der Waals surface area contributed by atoms with E-state index >= 15 is 0 Å². The van der Waals surface area contributed by atoms with E-state index in [1.807, 2.05) is 54.8 Å². The number of benzene rings is 1. The molecule has 0 aliphatic carbocycles. The van der Waals surface area contributed by atoms with Gasteiger partial charge in [0.15, 0.2) is 6.10 Å². The lowest BCUT2D eigenvalue weighted by Gasteiger charge is -2.35. The molecule has 0 saturated carbocycles. The summed E-state index contributed by atoms with van der Waals surface area (Å²) in [6.45, 7) is 6.10. The number of para-hydroxylation sites is 1. The van der Waals surface area contributed by atoms with Crippen LogP contribution in [0.25, 0.3) is 5.69 Å². The van der Waals surface area contributed by atoms with Gasteiger partial charge in [-0.3, -0.25) is 4.79 Å². The number of aromatic nitrogens is 1. The summed E-state index contributed by atoms with van der Waals surface area (Å²) in [6, 6.07) is 11.7. The van der Waals surface area contributed by atoms with Crippen molar-refractivity contribution in [2.45, 2.75) is 33.0 Å². The summed E-state index contributed by atoms with van der Waals surface area (Å²) in [5.74, 6) is -1.20. The van der Waals surface area contributed by atoms with E-state index in [9.17, 15) is 14.7 Å². The Morgan fingerprint density at radius 2 is 1.84 bits per heavy atom. The number of aliphatic carboxylic acids is 1. The number of aryl methyl sites for hydroxylation is 1. The average Bonchev–Trinajstić information content (AvgIpc) is 2.88. The minimum absolute atomic E-state index is 0.0630. The highest BCUT2D eigenvalue weighted by molar-refractivity contribution is 5.96. The first-order valence-corrected chi connectivity index (χ1v) is 8.30. The van der Waals surface area contributed by atoms with Gasteiger partial charge in [-0.1, -0.05) is 18.2 Å². The van der Waals surface area contributed by atoms with Crippen LogP contribution in [-0.4, -0.2) is 51.7 Å². The molecule has 1 aromatic heterocycles. The van der Waals surface area contributed by atoms with Crippen LogP contribution in [0.1, 0.15) is 28.7 Å². The highest BCUT2D eigenvalue weighted by Crippen LogP contribution is 2.23. The standard InChI is InChI=1S/C19H22N2O4/c1-12-9-16(14(3)21(12)15-7-5-4-6-8-15)18(22)20-10-13(2)25-17(11-20)19(23)24/h4-9,13,17H,10-11H2,1-3H3,(H,23,24)/t13-,17?/m1/s1. The third-order valence-corrected chi connectivity index (χ3v) is 4.50. The van der Waals surface area contributed by atoms with Crippen LogP contribution in [-0.2, 0) is 9.53 Å². The molecule has 25 heavy (non-hydrogen) atoms. The second-order valence-electron chi connectivity index (χ2n) is 6.44. The molecule has 1 aromatic carbocycles. The Balaban J connectivity index is 1.92. The van der Waals surface area contributed by atoms with Gasteiger partial charge in [-0.2, -0.15) is 0 Å². The fraction of sp³-hybridized carbons (Fsp3) is 0.368. The van der Waals surface area contributed by atoms with Crippen LogP contribution < -0.4 is 0 Å². The molecule has 0 bridgehead atoms. The van der Waals surface area contributed by atoms with Crippen LogP contribution >= 0.6 is 0 Å². The van der Waals surface area contributed by atoms with E-state index in [4.69, 9.17) is 4.74 Å². The summed E-state index contributed by atoms with van der Waals surface area (Å²) in [6.07, 6.45) is -1.29. The SMILES string of the molecule is Cc1cc(C(=O)N2CC(C(=O)O)O[C@H](C)C2)c(C)n1-c1ccccc1. The van der Waals surface area contributed by atoms with Gasteiger partial charge in [0.05, 0.1) is 18.2 Å². The first-order chi connectivity index (χ1) is 11.9. The number of ether oxygens (including phenoxy) is 1. The number of amides is 1. The van der Waals surface area contributed by atoms with Crippen molar-refractivity contribution in [3.8, 4) is 5.69 Å². The highest BCUT2D eigenvalue weighted by Gasteiger charge is 2.34. The number of carbonyl (C=O) groups excluding carboxylic acids is 1. The summed E-state index contributed by atoms with van der Waals surface area (Å²) in [5.41, 5.74) is 3.40. The summed E-state index contributed by atoms with van der Waals surface area (Å²) in [7, 11) is 0. The molecule has 2 atom stereocenters. The molecular weight excluding hydrogens is 320 g/mol. The number of rotatable bonds is 3. The zero-order valence-corrected chi connectivity index (χ0v) is 14.6. The minimum atomic E-state index is -1.04. The van der Waals surface area contributed by atoms with Crippen molar-refractivity contribution < 1.29 is 19.4 Å². The predicted molar refractivity (Wildman–Crippen MR) is 93.1 cm³/mol. The summed E-state index contributed by atoms with van der Waals surface area (Å²) >= 11 is 0. The molecule has 1 fully saturated rings. The largest absolute Gasteiger partial charge is 0.479 e. The molecule has 2 aromatic rings. The fourth-order valence-corrected chi connectivity index (χ4v) is 3.38. The Morgan fingerprint density at radius 3 is 2.48 bits per heavy atom. The van der Waals surface area contributed by atoms with Crippen molar-refractivity contribution in [1.82, 2.24) is 9.47 Å². The van der Waals surface area contributed by atoms with E-state index in [1.54, 1.807) is 11.8 Å². The maximum Gasteiger partial charge on any atom is 0.334 e. The van der Waals surface area contributed by atoms with E-state index in [2.05, 4.69) is 0 Å². The maximum absolute atomic E-state index is 13.0. The number of carboxylic acids is 1. The second-order valence-corrected chi connectivity index (χ2v) is 6.44. The molecule has 1 aliphatic heterocycles. The number of morpholine rings is 1. The molecule has 6 nitrogen and oxygen atoms in total. The van der Waals surface area contributed by atoms with Crippen LogP contribution in [0.3, 0.4) is 0 Å². The van der Waals surface area contributed by atoms with Gasteiger partial charge in [0.2, 0.25) is 0 Å². The van der Waals surface area contributed by atoms with Crippen molar-refractivity contribution >= 4 is 11.9 Å². The van der Waals surface area contributed by atoms with Crippen molar-refractivity contribution in [3.05, 3.63) is 53.3 Å². The molecule has 1 unspecified atom stereocenters. The molecule has 1 N–H and O–H groups in total. The maximum atomic E-state index is 13.0. The number of carboxylic acid groups (broad SMARTS) is 1. The van der Waals surface area contributed by atoms with Crippen LogP contribution in [0.15, 0.2) is 36.4 Å². The molecule has 6 heteroatoms. The first kappa shape index (κ1) is 17.2. The summed E-state index contributed by atoms with van der Waals surface area (Å²) in [4.78, 5) is 25.8. The zero-order chi connectivity index (χ0) is 18.1. The van der Waals surface area contributed by atoms with Crippen molar-refractivity contribution in [1.29, 1.82) is 0 Å². The monoisotopic (exact) mass is 342 g/mol. The van der Waals surface area contributed by atoms with Crippen molar-refractivity contribution in [2.75, 3.05) is 13.1 Å². The van der Waals surface area contributed by atoms with Gasteiger partial charge < -0.3 is 19.3 Å². The predicted octanol–water partition coefficient (Wildman–Crippen LogP) is 2.41. The second kappa shape index (κ2) is 6.72.